The number of aromatic nitrogens is 1. The number of hydrogen-bond acceptors (Lipinski definition) is 3. The van der Waals surface area contributed by atoms with E-state index in [1.807, 2.05) is 18.4 Å². The molecule has 0 unspecified atom stereocenters. The van der Waals surface area contributed by atoms with Gasteiger partial charge in [0.15, 0.2) is 0 Å². The molecule has 1 aliphatic carbocycles. The van der Waals surface area contributed by atoms with Gasteiger partial charge in [0.05, 0.1) is 10.7 Å². The first-order chi connectivity index (χ1) is 6.72. The fourth-order valence-electron chi connectivity index (χ4n) is 1.63. The molecule has 1 aromatic heterocycles. The van der Waals surface area contributed by atoms with E-state index in [0.717, 1.165) is 12.5 Å². The number of nitrogens with zero attached hydrogens (tertiary/aromatic N) is 1. The number of hydrogen-bond donors (Lipinski definition) is 1. The highest BCUT2D eigenvalue weighted by molar-refractivity contribution is 7.11. The lowest BCUT2D eigenvalue weighted by molar-refractivity contribution is 0.767. The number of nitrogens with one attached hydrogen (secondary N) is 1. The lowest BCUT2D eigenvalue weighted by Gasteiger charge is -2.03. The van der Waals surface area contributed by atoms with Crippen molar-refractivity contribution in [3.8, 4) is 0 Å². The van der Waals surface area contributed by atoms with Crippen LogP contribution in [-0.4, -0.2) is 12.0 Å². The highest BCUT2D eigenvalue weighted by Crippen LogP contribution is 2.43. The van der Waals surface area contributed by atoms with Crippen LogP contribution in [0.25, 0.3) is 0 Å². The van der Waals surface area contributed by atoms with E-state index in [0.29, 0.717) is 5.92 Å². The predicted octanol–water partition coefficient (Wildman–Crippen LogP) is 2.86. The highest BCUT2D eigenvalue weighted by Gasteiger charge is 2.28. The van der Waals surface area contributed by atoms with Crippen LogP contribution in [0.15, 0.2) is 0 Å². The monoisotopic (exact) mass is 210 g/mol. The summed E-state index contributed by atoms with van der Waals surface area (Å²) in [5, 5.41) is 4.60. The molecule has 0 aliphatic heterocycles. The maximum Gasteiger partial charge on any atom is 0.0962 e. The minimum atomic E-state index is 0.557. The Bertz CT molecular complexity index is 313. The van der Waals surface area contributed by atoms with Gasteiger partial charge in [-0.1, -0.05) is 13.8 Å². The Morgan fingerprint density at radius 1 is 1.50 bits per heavy atom. The van der Waals surface area contributed by atoms with Crippen LogP contribution in [0.5, 0.6) is 0 Å². The van der Waals surface area contributed by atoms with Crippen molar-refractivity contribution in [2.45, 2.75) is 45.1 Å². The van der Waals surface area contributed by atoms with Crippen LogP contribution in [0.3, 0.4) is 0 Å². The van der Waals surface area contributed by atoms with Crippen LogP contribution in [0.4, 0.5) is 0 Å². The molecule has 78 valence electrons. The fourth-order valence-corrected chi connectivity index (χ4v) is 3.03. The molecule has 2 nitrogen and oxygen atoms in total. The summed E-state index contributed by atoms with van der Waals surface area (Å²) in [4.78, 5) is 6.20. The summed E-state index contributed by atoms with van der Waals surface area (Å²) < 4.78 is 0. The van der Waals surface area contributed by atoms with Gasteiger partial charge in [-0.3, -0.25) is 0 Å². The van der Waals surface area contributed by atoms with Crippen molar-refractivity contribution in [3.05, 3.63) is 15.6 Å². The molecule has 14 heavy (non-hydrogen) atoms. The van der Waals surface area contributed by atoms with E-state index in [-0.39, 0.29) is 0 Å². The summed E-state index contributed by atoms with van der Waals surface area (Å²) in [6.45, 7) is 5.42. The van der Waals surface area contributed by atoms with Crippen molar-refractivity contribution < 1.29 is 0 Å². The highest BCUT2D eigenvalue weighted by atomic mass is 32.1. The van der Waals surface area contributed by atoms with E-state index in [1.54, 1.807) is 0 Å². The van der Waals surface area contributed by atoms with Crippen LogP contribution in [0, 0.1) is 0 Å². The number of rotatable bonds is 4. The van der Waals surface area contributed by atoms with E-state index >= 15 is 0 Å². The van der Waals surface area contributed by atoms with Gasteiger partial charge in [0.1, 0.15) is 0 Å². The zero-order valence-corrected chi connectivity index (χ0v) is 9.95. The van der Waals surface area contributed by atoms with Gasteiger partial charge in [-0.05, 0) is 25.8 Å². The smallest absolute Gasteiger partial charge is 0.0962 e. The van der Waals surface area contributed by atoms with Crippen LogP contribution in [0.2, 0.25) is 0 Å². The third-order valence-electron chi connectivity index (χ3n) is 2.55. The average molecular weight is 210 g/mol. The average Bonchev–Trinajstić information content (AvgIpc) is 2.89. The van der Waals surface area contributed by atoms with Gasteiger partial charge in [0.2, 0.25) is 0 Å². The summed E-state index contributed by atoms with van der Waals surface area (Å²) in [6.07, 6.45) is 2.70. The van der Waals surface area contributed by atoms with Crippen LogP contribution in [-0.2, 0) is 6.54 Å². The van der Waals surface area contributed by atoms with Crippen molar-refractivity contribution in [1.82, 2.24) is 10.3 Å². The molecule has 0 saturated heterocycles. The summed E-state index contributed by atoms with van der Waals surface area (Å²) in [5.74, 6) is 1.35. The second-order valence-corrected chi connectivity index (χ2v) is 5.44. The molecule has 0 bridgehead atoms. The Morgan fingerprint density at radius 3 is 2.71 bits per heavy atom. The van der Waals surface area contributed by atoms with Gasteiger partial charge in [0.25, 0.3) is 0 Å². The van der Waals surface area contributed by atoms with Crippen LogP contribution < -0.4 is 5.32 Å². The molecular formula is C11H18N2S. The summed E-state index contributed by atoms with van der Waals surface area (Å²) in [5.41, 5.74) is 1.31. The molecule has 1 aromatic rings. The summed E-state index contributed by atoms with van der Waals surface area (Å²) >= 11 is 1.91. The Balaban J connectivity index is 2.25. The van der Waals surface area contributed by atoms with Crippen LogP contribution >= 0.6 is 11.3 Å². The maximum atomic E-state index is 4.77. The van der Waals surface area contributed by atoms with Crippen LogP contribution in [0.1, 0.15) is 54.1 Å². The third-order valence-corrected chi connectivity index (χ3v) is 3.79. The Morgan fingerprint density at radius 2 is 2.21 bits per heavy atom. The SMILES string of the molecule is CNCc1sc(C2CC2)nc1C(C)C. The topological polar surface area (TPSA) is 24.9 Å². The zero-order valence-electron chi connectivity index (χ0n) is 9.13. The molecule has 1 heterocycles. The van der Waals surface area contributed by atoms with Gasteiger partial charge < -0.3 is 5.32 Å². The standard InChI is InChI=1S/C11H18N2S/c1-7(2)10-9(6-12-3)14-11(13-10)8-4-5-8/h7-8,12H,4-6H2,1-3H3. The molecular weight excluding hydrogens is 192 g/mol. The van der Waals surface area contributed by atoms with E-state index < -0.39 is 0 Å². The third kappa shape index (κ3) is 1.98. The lowest BCUT2D eigenvalue weighted by Crippen LogP contribution is -2.06. The maximum absolute atomic E-state index is 4.77. The minimum absolute atomic E-state index is 0.557. The predicted molar refractivity (Wildman–Crippen MR) is 60.9 cm³/mol. The first-order valence-electron chi connectivity index (χ1n) is 5.36. The van der Waals surface area contributed by atoms with Crippen molar-refractivity contribution in [2.24, 2.45) is 0 Å². The van der Waals surface area contributed by atoms with E-state index in [9.17, 15) is 0 Å². The summed E-state index contributed by atoms with van der Waals surface area (Å²) in [7, 11) is 2.00. The van der Waals surface area contributed by atoms with Gasteiger partial charge in [-0.2, -0.15) is 0 Å². The molecule has 0 aromatic carbocycles. The van der Waals surface area contributed by atoms with Gasteiger partial charge >= 0.3 is 0 Å². The van der Waals surface area contributed by atoms with Crippen molar-refractivity contribution >= 4 is 11.3 Å². The summed E-state index contributed by atoms with van der Waals surface area (Å²) in [6, 6.07) is 0. The zero-order chi connectivity index (χ0) is 10.1. The lowest BCUT2D eigenvalue weighted by atomic mass is 10.1. The van der Waals surface area contributed by atoms with Crippen molar-refractivity contribution in [2.75, 3.05) is 7.05 Å². The first-order valence-corrected chi connectivity index (χ1v) is 6.18. The molecule has 1 N–H and O–H groups in total. The van der Waals surface area contributed by atoms with E-state index in [4.69, 9.17) is 4.98 Å². The molecule has 1 fully saturated rings. The van der Waals surface area contributed by atoms with E-state index in [1.165, 1.54) is 28.4 Å². The van der Waals surface area contributed by atoms with Gasteiger partial charge in [-0.25, -0.2) is 4.98 Å². The quantitative estimate of drug-likeness (QED) is 0.826. The molecule has 1 aliphatic rings. The Hall–Kier alpha value is -0.410. The van der Waals surface area contributed by atoms with Crippen molar-refractivity contribution in [3.63, 3.8) is 0 Å². The largest absolute Gasteiger partial charge is 0.315 e. The Labute approximate surface area is 89.8 Å². The molecule has 0 atom stereocenters. The normalized spacial score (nSPS) is 16.6. The molecule has 0 radical (unpaired) electrons. The number of thiazole rings is 1. The molecule has 0 amide bonds. The second-order valence-electron chi connectivity index (χ2n) is 4.32. The molecule has 0 spiro atoms. The van der Waals surface area contributed by atoms with Gasteiger partial charge in [0, 0.05) is 17.3 Å². The van der Waals surface area contributed by atoms with Gasteiger partial charge in [-0.15, -0.1) is 11.3 Å². The Kier molecular flexibility index (Phi) is 2.88. The fraction of sp³-hybridized carbons (Fsp3) is 0.727. The molecule has 1 saturated carbocycles. The molecule has 3 heteroatoms. The second kappa shape index (κ2) is 3.99. The van der Waals surface area contributed by atoms with E-state index in [2.05, 4.69) is 19.2 Å². The molecule has 2 rings (SSSR count). The van der Waals surface area contributed by atoms with Crippen molar-refractivity contribution in [1.29, 1.82) is 0 Å². The first kappa shape index (κ1) is 10.1. The minimum Gasteiger partial charge on any atom is -0.315 e.